The van der Waals surface area contributed by atoms with Crippen LogP contribution in [0.2, 0.25) is 0 Å². The number of halogens is 1. The summed E-state index contributed by atoms with van der Waals surface area (Å²) in [5, 5.41) is 20.8. The quantitative estimate of drug-likeness (QED) is 0.430. The lowest BCUT2D eigenvalue weighted by atomic mass is 10.1. The molecular weight excluding hydrogens is 460 g/mol. The van der Waals surface area contributed by atoms with Crippen LogP contribution in [0.4, 0.5) is 11.4 Å². The first-order chi connectivity index (χ1) is 15.0. The largest absolute Gasteiger partial charge is 0.507 e. The summed E-state index contributed by atoms with van der Waals surface area (Å²) in [6, 6.07) is 21.1. The van der Waals surface area contributed by atoms with E-state index in [2.05, 4.69) is 31.4 Å². The van der Waals surface area contributed by atoms with Gasteiger partial charge in [-0.3, -0.25) is 14.5 Å². The number of anilines is 2. The molecule has 0 bridgehead atoms. The van der Waals surface area contributed by atoms with Gasteiger partial charge in [0.1, 0.15) is 12.3 Å². The average Bonchev–Trinajstić information content (AvgIpc) is 3.03. The Morgan fingerprint density at radius 3 is 2.61 bits per heavy atom. The van der Waals surface area contributed by atoms with Crippen molar-refractivity contribution in [1.82, 2.24) is 0 Å². The molecule has 7 nitrogen and oxygen atoms in total. The highest BCUT2D eigenvalue weighted by molar-refractivity contribution is 9.10. The maximum Gasteiger partial charge on any atom is 0.279 e. The first-order valence-corrected chi connectivity index (χ1v) is 10.2. The summed E-state index contributed by atoms with van der Waals surface area (Å²) < 4.78 is 0.775. The fraction of sp³-hybridized carbons (Fsp3) is 0.0435. The normalized spacial score (nSPS) is 14.3. The first-order valence-electron chi connectivity index (χ1n) is 9.38. The SMILES string of the molecule is O=C(CN1C(=O)C(=NN=Cc2cc(Br)ccc2O)c2ccccc21)Nc1ccccc1. The van der Waals surface area contributed by atoms with Gasteiger partial charge in [0.25, 0.3) is 5.91 Å². The molecule has 154 valence electrons. The second kappa shape index (κ2) is 8.93. The zero-order chi connectivity index (χ0) is 21.8. The number of nitrogens with zero attached hydrogens (tertiary/aromatic N) is 3. The van der Waals surface area contributed by atoms with E-state index in [0.29, 0.717) is 22.5 Å². The number of aromatic hydroxyl groups is 1. The van der Waals surface area contributed by atoms with E-state index in [1.54, 1.807) is 48.5 Å². The van der Waals surface area contributed by atoms with Crippen LogP contribution in [-0.2, 0) is 9.59 Å². The van der Waals surface area contributed by atoms with Gasteiger partial charge < -0.3 is 10.4 Å². The Hall–Kier alpha value is -3.78. The molecule has 0 aliphatic carbocycles. The maximum atomic E-state index is 13.0. The number of carbonyl (C=O) groups is 2. The van der Waals surface area contributed by atoms with Gasteiger partial charge in [-0.25, -0.2) is 0 Å². The van der Waals surface area contributed by atoms with Crippen molar-refractivity contribution in [2.24, 2.45) is 10.2 Å². The van der Waals surface area contributed by atoms with Gasteiger partial charge in [-0.05, 0) is 36.4 Å². The summed E-state index contributed by atoms with van der Waals surface area (Å²) in [5.74, 6) is -0.692. The molecular formula is C23H17BrN4O3. The minimum Gasteiger partial charge on any atom is -0.507 e. The standard InChI is InChI=1S/C23H17BrN4O3/c24-16-10-11-20(29)15(12-16)13-25-27-22-18-8-4-5-9-19(18)28(23(22)31)14-21(30)26-17-6-2-1-3-7-17/h1-13,29H,14H2,(H,26,30). The molecule has 1 aliphatic rings. The smallest absolute Gasteiger partial charge is 0.279 e. The van der Waals surface area contributed by atoms with Crippen molar-refractivity contribution < 1.29 is 14.7 Å². The maximum absolute atomic E-state index is 13.0. The first kappa shape index (κ1) is 20.5. The lowest BCUT2D eigenvalue weighted by molar-refractivity contribution is -0.118. The predicted octanol–water partition coefficient (Wildman–Crippen LogP) is 3.96. The minimum absolute atomic E-state index is 0.0458. The number of nitrogens with one attached hydrogen (secondary N) is 1. The molecule has 0 fully saturated rings. The van der Waals surface area contributed by atoms with Gasteiger partial charge in [-0.2, -0.15) is 5.10 Å². The number of hydrogen-bond donors (Lipinski definition) is 2. The van der Waals surface area contributed by atoms with Crippen molar-refractivity contribution in [2.75, 3.05) is 16.8 Å². The third-order valence-electron chi connectivity index (χ3n) is 4.60. The molecule has 8 heteroatoms. The van der Waals surface area contributed by atoms with Gasteiger partial charge >= 0.3 is 0 Å². The van der Waals surface area contributed by atoms with Gasteiger partial charge in [0.2, 0.25) is 5.91 Å². The number of phenols is 1. The van der Waals surface area contributed by atoms with Crippen molar-refractivity contribution in [1.29, 1.82) is 0 Å². The molecule has 2 amide bonds. The van der Waals surface area contributed by atoms with E-state index in [9.17, 15) is 14.7 Å². The summed E-state index contributed by atoms with van der Waals surface area (Å²) in [4.78, 5) is 26.9. The van der Waals surface area contributed by atoms with E-state index < -0.39 is 5.91 Å². The molecule has 0 radical (unpaired) electrons. The van der Waals surface area contributed by atoms with Crippen LogP contribution in [-0.4, -0.2) is 35.4 Å². The average molecular weight is 477 g/mol. The number of rotatable bonds is 5. The highest BCUT2D eigenvalue weighted by Gasteiger charge is 2.35. The zero-order valence-electron chi connectivity index (χ0n) is 16.2. The number of carbonyl (C=O) groups excluding carboxylic acids is 2. The van der Waals surface area contributed by atoms with Crippen molar-refractivity contribution in [2.45, 2.75) is 0 Å². The molecule has 1 aliphatic heterocycles. The Bertz CT molecular complexity index is 1210. The topological polar surface area (TPSA) is 94.4 Å². The van der Waals surface area contributed by atoms with Gasteiger partial charge in [-0.1, -0.05) is 52.3 Å². The molecule has 31 heavy (non-hydrogen) atoms. The van der Waals surface area contributed by atoms with Crippen LogP contribution in [0, 0.1) is 0 Å². The van der Waals surface area contributed by atoms with Crippen molar-refractivity contribution in [3.8, 4) is 5.75 Å². The highest BCUT2D eigenvalue weighted by Crippen LogP contribution is 2.29. The molecule has 0 saturated carbocycles. The molecule has 2 N–H and O–H groups in total. The van der Waals surface area contributed by atoms with Crippen LogP contribution in [0.3, 0.4) is 0 Å². The Balaban J connectivity index is 1.57. The summed E-state index contributed by atoms with van der Waals surface area (Å²) in [6.45, 7) is -0.153. The molecule has 0 saturated heterocycles. The van der Waals surface area contributed by atoms with E-state index in [-0.39, 0.29) is 23.9 Å². The summed E-state index contributed by atoms with van der Waals surface area (Å²) in [5.41, 5.74) is 2.43. The van der Waals surface area contributed by atoms with Crippen molar-refractivity contribution in [3.63, 3.8) is 0 Å². The Kier molecular flexibility index (Phi) is 5.90. The lowest BCUT2D eigenvalue weighted by Gasteiger charge is -2.16. The van der Waals surface area contributed by atoms with Crippen LogP contribution in [0.15, 0.2) is 87.5 Å². The van der Waals surface area contributed by atoms with E-state index in [4.69, 9.17) is 0 Å². The van der Waals surface area contributed by atoms with E-state index in [1.165, 1.54) is 17.2 Å². The number of amides is 2. The van der Waals surface area contributed by atoms with Crippen LogP contribution in [0.1, 0.15) is 11.1 Å². The van der Waals surface area contributed by atoms with Crippen molar-refractivity contribution in [3.05, 3.63) is 88.4 Å². The molecule has 4 rings (SSSR count). The van der Waals surface area contributed by atoms with E-state index in [0.717, 1.165) is 4.47 Å². The van der Waals surface area contributed by atoms with E-state index >= 15 is 0 Å². The van der Waals surface area contributed by atoms with E-state index in [1.807, 2.05) is 18.2 Å². The number of fused-ring (bicyclic) bond motifs is 1. The zero-order valence-corrected chi connectivity index (χ0v) is 17.8. The van der Waals surface area contributed by atoms with Crippen LogP contribution in [0.5, 0.6) is 5.75 Å². The Morgan fingerprint density at radius 2 is 1.81 bits per heavy atom. The summed E-state index contributed by atoms with van der Waals surface area (Å²) in [7, 11) is 0. The molecule has 0 atom stereocenters. The summed E-state index contributed by atoms with van der Waals surface area (Å²) >= 11 is 3.33. The minimum atomic E-state index is -0.417. The molecule has 3 aromatic carbocycles. The molecule has 0 aromatic heterocycles. The van der Waals surface area contributed by atoms with Gasteiger partial charge in [0.05, 0.1) is 11.9 Å². The van der Waals surface area contributed by atoms with Crippen LogP contribution >= 0.6 is 15.9 Å². The van der Waals surface area contributed by atoms with Crippen LogP contribution < -0.4 is 10.2 Å². The Labute approximate surface area is 186 Å². The number of para-hydroxylation sites is 2. The second-order valence-corrected chi connectivity index (χ2v) is 7.63. The molecule has 3 aromatic rings. The number of phenolic OH excluding ortho intramolecular Hbond substituents is 1. The monoisotopic (exact) mass is 476 g/mol. The van der Waals surface area contributed by atoms with Crippen LogP contribution in [0.25, 0.3) is 0 Å². The third-order valence-corrected chi connectivity index (χ3v) is 5.09. The van der Waals surface area contributed by atoms with Gasteiger partial charge in [0.15, 0.2) is 5.71 Å². The summed E-state index contributed by atoms with van der Waals surface area (Å²) in [6.07, 6.45) is 1.37. The van der Waals surface area contributed by atoms with Gasteiger partial charge in [-0.15, -0.1) is 5.10 Å². The molecule has 0 spiro atoms. The lowest BCUT2D eigenvalue weighted by Crippen LogP contribution is -2.37. The molecule has 1 heterocycles. The fourth-order valence-electron chi connectivity index (χ4n) is 3.16. The third kappa shape index (κ3) is 4.54. The second-order valence-electron chi connectivity index (χ2n) is 6.72. The highest BCUT2D eigenvalue weighted by atomic mass is 79.9. The fourth-order valence-corrected chi connectivity index (χ4v) is 3.54. The Morgan fingerprint density at radius 1 is 1.06 bits per heavy atom. The van der Waals surface area contributed by atoms with Gasteiger partial charge in [0, 0.05) is 21.3 Å². The number of benzene rings is 3. The van der Waals surface area contributed by atoms with Crippen molar-refractivity contribution >= 4 is 51.0 Å². The predicted molar refractivity (Wildman–Crippen MR) is 124 cm³/mol. The molecule has 0 unspecified atom stereocenters. The number of hydrogen-bond acceptors (Lipinski definition) is 5.